The van der Waals surface area contributed by atoms with Crippen LogP contribution in [0.1, 0.15) is 27.7 Å². The molecule has 1 rings (SSSR count). The molecule has 0 bridgehead atoms. The third-order valence-electron chi connectivity index (χ3n) is 2.56. The Morgan fingerprint density at radius 2 is 1.79 bits per heavy atom. The van der Waals surface area contributed by atoms with E-state index in [0.29, 0.717) is 0 Å². The lowest BCUT2D eigenvalue weighted by atomic mass is 10.2. The molecule has 1 aromatic rings. The van der Waals surface area contributed by atoms with E-state index >= 15 is 0 Å². The molecule has 0 saturated heterocycles. The largest absolute Gasteiger partial charge is 0.453 e. The fourth-order valence-corrected chi connectivity index (χ4v) is 2.44. The Bertz CT molecular complexity index is 474. The number of esters is 1. The van der Waals surface area contributed by atoms with Gasteiger partial charge in [-0.3, -0.25) is 9.59 Å². The van der Waals surface area contributed by atoms with Crippen LogP contribution in [-0.2, 0) is 14.3 Å². The zero-order valence-electron chi connectivity index (χ0n) is 11.5. The highest BCUT2D eigenvalue weighted by Crippen LogP contribution is 2.25. The van der Waals surface area contributed by atoms with Crippen molar-refractivity contribution in [3.63, 3.8) is 0 Å². The fourth-order valence-electron chi connectivity index (χ4n) is 1.79. The van der Waals surface area contributed by atoms with Gasteiger partial charge in [-0.15, -0.1) is 0 Å². The molecule has 0 unspecified atom stereocenters. The van der Waals surface area contributed by atoms with Gasteiger partial charge < -0.3 is 9.64 Å². The van der Waals surface area contributed by atoms with Crippen LogP contribution in [-0.4, -0.2) is 24.0 Å². The van der Waals surface area contributed by atoms with Crippen LogP contribution >= 0.6 is 22.6 Å². The number of anilines is 1. The summed E-state index contributed by atoms with van der Waals surface area (Å²) in [6, 6.07) is 7.62. The van der Waals surface area contributed by atoms with Gasteiger partial charge in [0.2, 0.25) is 0 Å². The molecule has 0 radical (unpaired) electrons. The molecule has 0 aliphatic rings. The van der Waals surface area contributed by atoms with E-state index in [0.717, 1.165) is 9.26 Å². The first-order valence-corrected chi connectivity index (χ1v) is 7.17. The Hall–Kier alpha value is -1.11. The van der Waals surface area contributed by atoms with E-state index in [1.54, 1.807) is 11.8 Å². The van der Waals surface area contributed by atoms with E-state index in [-0.39, 0.29) is 11.9 Å². The first-order valence-electron chi connectivity index (χ1n) is 6.09. The fraction of sp³-hybridized carbons (Fsp3) is 0.429. The van der Waals surface area contributed by atoms with Crippen LogP contribution in [0.15, 0.2) is 24.3 Å². The third-order valence-corrected chi connectivity index (χ3v) is 3.47. The van der Waals surface area contributed by atoms with Crippen molar-refractivity contribution in [1.82, 2.24) is 0 Å². The molecule has 4 nitrogen and oxygen atoms in total. The topological polar surface area (TPSA) is 46.6 Å². The number of halogens is 1. The van der Waals surface area contributed by atoms with Gasteiger partial charge in [0.15, 0.2) is 6.10 Å². The molecule has 19 heavy (non-hydrogen) atoms. The van der Waals surface area contributed by atoms with Crippen molar-refractivity contribution in [2.75, 3.05) is 4.90 Å². The minimum Gasteiger partial charge on any atom is -0.453 e. The molecular formula is C14H18INO3. The van der Waals surface area contributed by atoms with Crippen LogP contribution in [0.5, 0.6) is 0 Å². The molecule has 5 heteroatoms. The zero-order chi connectivity index (χ0) is 14.6. The highest BCUT2D eigenvalue weighted by Gasteiger charge is 2.27. The second kappa shape index (κ2) is 6.88. The predicted octanol–water partition coefficient (Wildman–Crippen LogP) is 2.98. The van der Waals surface area contributed by atoms with E-state index in [1.807, 2.05) is 38.1 Å². The number of rotatable bonds is 4. The molecule has 1 aromatic carbocycles. The quantitative estimate of drug-likeness (QED) is 0.601. The molecule has 0 aromatic heterocycles. The Morgan fingerprint density at radius 1 is 1.21 bits per heavy atom. The summed E-state index contributed by atoms with van der Waals surface area (Å²) < 4.78 is 5.96. The first kappa shape index (κ1) is 15.9. The molecular weight excluding hydrogens is 357 g/mol. The normalized spacial score (nSPS) is 12.1. The molecule has 0 saturated carbocycles. The Labute approximate surface area is 127 Å². The van der Waals surface area contributed by atoms with Gasteiger partial charge >= 0.3 is 5.97 Å². The molecule has 0 aliphatic heterocycles. The number of carbonyl (C=O) groups excluding carboxylic acids is 2. The average Bonchev–Trinajstić information content (AvgIpc) is 2.30. The van der Waals surface area contributed by atoms with Gasteiger partial charge in [0.25, 0.3) is 5.91 Å². The van der Waals surface area contributed by atoms with Crippen molar-refractivity contribution in [2.24, 2.45) is 0 Å². The van der Waals surface area contributed by atoms with E-state index in [2.05, 4.69) is 22.6 Å². The van der Waals surface area contributed by atoms with Crippen LogP contribution < -0.4 is 4.90 Å². The second-order valence-electron chi connectivity index (χ2n) is 4.51. The highest BCUT2D eigenvalue weighted by molar-refractivity contribution is 14.1. The number of para-hydroxylation sites is 1. The van der Waals surface area contributed by atoms with Gasteiger partial charge in [-0.1, -0.05) is 12.1 Å². The number of amides is 1. The first-order chi connectivity index (χ1) is 8.84. The Morgan fingerprint density at radius 3 is 2.26 bits per heavy atom. The minimum atomic E-state index is -0.782. The number of nitrogens with zero attached hydrogens (tertiary/aromatic N) is 1. The number of carbonyl (C=O) groups is 2. The summed E-state index contributed by atoms with van der Waals surface area (Å²) in [5, 5.41) is 0. The molecule has 0 fully saturated rings. The highest BCUT2D eigenvalue weighted by atomic mass is 127. The lowest BCUT2D eigenvalue weighted by Gasteiger charge is -2.30. The van der Waals surface area contributed by atoms with Gasteiger partial charge in [-0.05, 0) is 55.5 Å². The predicted molar refractivity (Wildman–Crippen MR) is 83.0 cm³/mol. The smallest absolute Gasteiger partial charge is 0.303 e. The summed E-state index contributed by atoms with van der Waals surface area (Å²) in [6.07, 6.45) is -0.782. The summed E-state index contributed by atoms with van der Waals surface area (Å²) >= 11 is 2.19. The molecule has 0 spiro atoms. The van der Waals surface area contributed by atoms with Crippen LogP contribution in [0.4, 0.5) is 5.69 Å². The van der Waals surface area contributed by atoms with Gasteiger partial charge in [0.05, 0.1) is 5.69 Å². The van der Waals surface area contributed by atoms with Crippen LogP contribution in [0.2, 0.25) is 0 Å². The summed E-state index contributed by atoms with van der Waals surface area (Å²) in [5.41, 5.74) is 0.835. The van der Waals surface area contributed by atoms with E-state index < -0.39 is 12.1 Å². The standard InChI is InChI=1S/C14H18INO3/c1-9(2)16(13-8-6-5-7-12(13)15)14(18)10(3)19-11(4)17/h5-10H,1-4H3/t10-/m0/s1. The molecule has 0 heterocycles. The van der Waals surface area contributed by atoms with Crippen LogP contribution in [0.3, 0.4) is 0 Å². The monoisotopic (exact) mass is 375 g/mol. The van der Waals surface area contributed by atoms with Crippen LogP contribution in [0.25, 0.3) is 0 Å². The Balaban J connectivity index is 3.05. The van der Waals surface area contributed by atoms with Crippen molar-refractivity contribution in [1.29, 1.82) is 0 Å². The van der Waals surface area contributed by atoms with Gasteiger partial charge in [0.1, 0.15) is 0 Å². The lowest BCUT2D eigenvalue weighted by molar-refractivity contribution is -0.151. The summed E-state index contributed by atoms with van der Waals surface area (Å²) in [5.74, 6) is -0.665. The van der Waals surface area contributed by atoms with Crippen molar-refractivity contribution >= 4 is 40.2 Å². The molecule has 0 N–H and O–H groups in total. The minimum absolute atomic E-state index is 0.0126. The molecule has 1 atom stereocenters. The zero-order valence-corrected chi connectivity index (χ0v) is 13.7. The maximum absolute atomic E-state index is 12.4. The van der Waals surface area contributed by atoms with Gasteiger partial charge in [-0.2, -0.15) is 0 Å². The number of hydrogen-bond donors (Lipinski definition) is 0. The van der Waals surface area contributed by atoms with E-state index in [9.17, 15) is 9.59 Å². The number of ether oxygens (including phenoxy) is 1. The molecule has 1 amide bonds. The van der Waals surface area contributed by atoms with Crippen molar-refractivity contribution in [3.8, 4) is 0 Å². The van der Waals surface area contributed by atoms with E-state index in [4.69, 9.17) is 4.74 Å². The maximum atomic E-state index is 12.4. The van der Waals surface area contributed by atoms with Crippen molar-refractivity contribution in [3.05, 3.63) is 27.8 Å². The SMILES string of the molecule is CC(=O)O[C@@H](C)C(=O)N(c1ccccc1I)C(C)C. The molecule has 104 valence electrons. The Kier molecular flexibility index (Phi) is 5.78. The van der Waals surface area contributed by atoms with Crippen LogP contribution in [0, 0.1) is 3.57 Å². The third kappa shape index (κ3) is 4.19. The van der Waals surface area contributed by atoms with Gasteiger partial charge in [0, 0.05) is 16.5 Å². The maximum Gasteiger partial charge on any atom is 0.303 e. The summed E-state index contributed by atoms with van der Waals surface area (Å²) in [6.45, 7) is 6.76. The molecule has 0 aliphatic carbocycles. The summed E-state index contributed by atoms with van der Waals surface area (Å²) in [7, 11) is 0. The van der Waals surface area contributed by atoms with Gasteiger partial charge in [-0.25, -0.2) is 0 Å². The number of hydrogen-bond acceptors (Lipinski definition) is 3. The lowest BCUT2D eigenvalue weighted by Crippen LogP contribution is -2.44. The average molecular weight is 375 g/mol. The number of benzene rings is 1. The van der Waals surface area contributed by atoms with Crippen molar-refractivity contribution in [2.45, 2.75) is 39.8 Å². The van der Waals surface area contributed by atoms with Crippen molar-refractivity contribution < 1.29 is 14.3 Å². The second-order valence-corrected chi connectivity index (χ2v) is 5.67. The summed E-state index contributed by atoms with van der Waals surface area (Å²) in [4.78, 5) is 25.0. The van der Waals surface area contributed by atoms with E-state index in [1.165, 1.54) is 6.92 Å².